The lowest BCUT2D eigenvalue weighted by molar-refractivity contribution is -0.124. The number of hydrogen-bond donors (Lipinski definition) is 1. The topological polar surface area (TPSA) is 72.7 Å². The summed E-state index contributed by atoms with van der Waals surface area (Å²) < 4.78 is 2.75. The first kappa shape index (κ1) is 14.6. The minimum atomic E-state index is -0.343. The second kappa shape index (κ2) is 6.65. The number of carbonyl (C=O) groups excluding carboxylic acids is 1. The van der Waals surface area contributed by atoms with E-state index in [9.17, 15) is 4.79 Å². The summed E-state index contributed by atoms with van der Waals surface area (Å²) in [5.74, 6) is -0.0465. The molecule has 2 heterocycles. The maximum Gasteiger partial charge on any atom is 0.244 e. The van der Waals surface area contributed by atoms with Crippen LogP contribution in [0.15, 0.2) is 36.9 Å². The van der Waals surface area contributed by atoms with Crippen molar-refractivity contribution in [3.8, 4) is 0 Å². The largest absolute Gasteiger partial charge is 0.354 e. The van der Waals surface area contributed by atoms with Crippen molar-refractivity contribution in [2.24, 2.45) is 0 Å². The molecule has 0 aliphatic carbocycles. The van der Waals surface area contributed by atoms with Gasteiger partial charge in [0.25, 0.3) is 0 Å². The fourth-order valence-corrected chi connectivity index (χ4v) is 3.17. The molecule has 0 aliphatic heterocycles. The number of carbonyl (C=O) groups is 1. The van der Waals surface area contributed by atoms with Gasteiger partial charge in [-0.15, -0.1) is 11.3 Å². The van der Waals surface area contributed by atoms with Gasteiger partial charge in [-0.2, -0.15) is 5.10 Å². The Morgan fingerprint density at radius 2 is 2.27 bits per heavy atom. The Morgan fingerprint density at radius 1 is 1.41 bits per heavy atom. The van der Waals surface area contributed by atoms with E-state index in [4.69, 9.17) is 0 Å². The van der Waals surface area contributed by atoms with Crippen molar-refractivity contribution in [2.75, 3.05) is 6.54 Å². The molecule has 3 rings (SSSR count). The zero-order chi connectivity index (χ0) is 15.4. The van der Waals surface area contributed by atoms with Gasteiger partial charge in [-0.1, -0.05) is 12.1 Å². The molecule has 7 heteroatoms. The van der Waals surface area contributed by atoms with Gasteiger partial charge >= 0.3 is 0 Å². The SMILES string of the molecule is C[C@H](C(=O)NCCCc1nc2ccccc2s1)n1cncn1. The molecule has 0 unspecified atom stereocenters. The smallest absolute Gasteiger partial charge is 0.244 e. The molecule has 0 radical (unpaired) electrons. The number of aryl methyl sites for hydroxylation is 1. The van der Waals surface area contributed by atoms with E-state index >= 15 is 0 Å². The zero-order valence-electron chi connectivity index (χ0n) is 12.3. The molecular weight excluding hydrogens is 298 g/mol. The number of aromatic nitrogens is 4. The van der Waals surface area contributed by atoms with Crippen LogP contribution in [-0.4, -0.2) is 32.2 Å². The number of hydrogen-bond acceptors (Lipinski definition) is 5. The molecule has 1 N–H and O–H groups in total. The molecule has 6 nitrogen and oxygen atoms in total. The number of fused-ring (bicyclic) bond motifs is 1. The minimum Gasteiger partial charge on any atom is -0.354 e. The molecule has 0 saturated heterocycles. The van der Waals surface area contributed by atoms with E-state index in [0.717, 1.165) is 23.4 Å². The lowest BCUT2D eigenvalue weighted by atomic mass is 10.3. The Kier molecular flexibility index (Phi) is 4.43. The average molecular weight is 315 g/mol. The van der Waals surface area contributed by atoms with Gasteiger partial charge in [0, 0.05) is 13.0 Å². The van der Waals surface area contributed by atoms with Crippen LogP contribution in [0.5, 0.6) is 0 Å². The van der Waals surface area contributed by atoms with Crippen molar-refractivity contribution in [1.29, 1.82) is 0 Å². The Bertz CT molecular complexity index is 719. The average Bonchev–Trinajstić information content (AvgIpc) is 3.19. The predicted octanol–water partition coefficient (Wildman–Crippen LogP) is 2.20. The first-order valence-electron chi connectivity index (χ1n) is 7.20. The summed E-state index contributed by atoms with van der Waals surface area (Å²) in [4.78, 5) is 20.4. The van der Waals surface area contributed by atoms with Crippen LogP contribution in [0.2, 0.25) is 0 Å². The number of para-hydroxylation sites is 1. The number of nitrogens with zero attached hydrogens (tertiary/aromatic N) is 4. The first-order chi connectivity index (χ1) is 10.7. The molecule has 0 spiro atoms. The first-order valence-corrected chi connectivity index (χ1v) is 8.02. The Hall–Kier alpha value is -2.28. The molecule has 0 saturated carbocycles. The molecule has 0 fully saturated rings. The third-order valence-corrected chi connectivity index (χ3v) is 4.51. The van der Waals surface area contributed by atoms with Crippen molar-refractivity contribution in [3.63, 3.8) is 0 Å². The summed E-state index contributed by atoms with van der Waals surface area (Å²) in [6.07, 6.45) is 4.72. The van der Waals surface area contributed by atoms with Gasteiger partial charge in [-0.25, -0.2) is 14.6 Å². The Morgan fingerprint density at radius 3 is 3.05 bits per heavy atom. The number of rotatable bonds is 6. The van der Waals surface area contributed by atoms with Crippen LogP contribution >= 0.6 is 11.3 Å². The second-order valence-corrected chi connectivity index (χ2v) is 6.14. The van der Waals surface area contributed by atoms with Crippen molar-refractivity contribution >= 4 is 27.5 Å². The van der Waals surface area contributed by atoms with Gasteiger partial charge in [-0.05, 0) is 25.5 Å². The summed E-state index contributed by atoms with van der Waals surface area (Å²) in [6, 6.07) is 7.78. The fraction of sp³-hybridized carbons (Fsp3) is 0.333. The van der Waals surface area contributed by atoms with E-state index in [-0.39, 0.29) is 11.9 Å². The van der Waals surface area contributed by atoms with Crippen molar-refractivity contribution < 1.29 is 4.79 Å². The van der Waals surface area contributed by atoms with Crippen LogP contribution in [0.1, 0.15) is 24.4 Å². The highest BCUT2D eigenvalue weighted by Gasteiger charge is 2.14. The van der Waals surface area contributed by atoms with Crippen LogP contribution in [0.25, 0.3) is 10.2 Å². The third kappa shape index (κ3) is 3.30. The molecule has 3 aromatic rings. The van der Waals surface area contributed by atoms with Gasteiger partial charge in [0.2, 0.25) is 5.91 Å². The molecular formula is C15H17N5OS. The minimum absolute atomic E-state index is 0.0465. The molecule has 114 valence electrons. The van der Waals surface area contributed by atoms with E-state index in [1.165, 1.54) is 11.0 Å². The third-order valence-electron chi connectivity index (χ3n) is 3.42. The van der Waals surface area contributed by atoms with Gasteiger partial charge in [-0.3, -0.25) is 4.79 Å². The predicted molar refractivity (Wildman–Crippen MR) is 85.7 cm³/mol. The summed E-state index contributed by atoms with van der Waals surface area (Å²) in [7, 11) is 0. The lowest BCUT2D eigenvalue weighted by Crippen LogP contribution is -2.32. The number of nitrogens with one attached hydrogen (secondary N) is 1. The van der Waals surface area contributed by atoms with Gasteiger partial charge in [0.1, 0.15) is 18.7 Å². The van der Waals surface area contributed by atoms with Crippen LogP contribution in [-0.2, 0) is 11.2 Å². The molecule has 22 heavy (non-hydrogen) atoms. The van der Waals surface area contributed by atoms with E-state index in [0.29, 0.717) is 6.54 Å². The van der Waals surface area contributed by atoms with Crippen LogP contribution in [0, 0.1) is 0 Å². The summed E-state index contributed by atoms with van der Waals surface area (Å²) >= 11 is 1.71. The highest BCUT2D eigenvalue weighted by Crippen LogP contribution is 2.22. The van der Waals surface area contributed by atoms with E-state index in [1.807, 2.05) is 18.2 Å². The normalized spacial score (nSPS) is 12.4. The molecule has 0 bridgehead atoms. The maximum absolute atomic E-state index is 12.0. The molecule has 1 atom stereocenters. The molecule has 1 amide bonds. The van der Waals surface area contributed by atoms with Crippen LogP contribution in [0.3, 0.4) is 0 Å². The lowest BCUT2D eigenvalue weighted by Gasteiger charge is -2.11. The fourth-order valence-electron chi connectivity index (χ4n) is 2.16. The summed E-state index contributed by atoms with van der Waals surface area (Å²) in [6.45, 7) is 2.44. The van der Waals surface area contributed by atoms with Crippen molar-refractivity contribution in [2.45, 2.75) is 25.8 Å². The van der Waals surface area contributed by atoms with E-state index in [1.54, 1.807) is 29.3 Å². The summed E-state index contributed by atoms with van der Waals surface area (Å²) in [5, 5.41) is 8.01. The van der Waals surface area contributed by atoms with E-state index in [2.05, 4.69) is 26.4 Å². The van der Waals surface area contributed by atoms with Gasteiger partial charge in [0.15, 0.2) is 0 Å². The number of benzene rings is 1. The molecule has 2 aromatic heterocycles. The maximum atomic E-state index is 12.0. The van der Waals surface area contributed by atoms with Gasteiger partial charge < -0.3 is 5.32 Å². The van der Waals surface area contributed by atoms with Crippen molar-refractivity contribution in [1.82, 2.24) is 25.1 Å². The molecule has 0 aliphatic rings. The quantitative estimate of drug-likeness (QED) is 0.708. The zero-order valence-corrected chi connectivity index (χ0v) is 13.1. The monoisotopic (exact) mass is 315 g/mol. The van der Waals surface area contributed by atoms with E-state index < -0.39 is 0 Å². The van der Waals surface area contributed by atoms with Gasteiger partial charge in [0.05, 0.1) is 15.2 Å². The highest BCUT2D eigenvalue weighted by molar-refractivity contribution is 7.18. The molecule has 1 aromatic carbocycles. The van der Waals surface area contributed by atoms with Crippen molar-refractivity contribution in [3.05, 3.63) is 41.9 Å². The second-order valence-electron chi connectivity index (χ2n) is 5.02. The van der Waals surface area contributed by atoms with Crippen LogP contribution < -0.4 is 5.32 Å². The number of amides is 1. The standard InChI is InChI=1S/C15H17N5OS/c1-11(20-10-16-9-18-20)15(21)17-8-4-7-14-19-12-5-2-3-6-13(12)22-14/h2-3,5-6,9-11H,4,7-8H2,1H3,(H,17,21)/t11-/m1/s1. The Labute approximate surface area is 132 Å². The Balaban J connectivity index is 1.46. The summed E-state index contributed by atoms with van der Waals surface area (Å²) in [5.41, 5.74) is 1.05. The highest BCUT2D eigenvalue weighted by atomic mass is 32.1. The number of thiazole rings is 1. The van der Waals surface area contributed by atoms with Crippen LogP contribution in [0.4, 0.5) is 0 Å².